The van der Waals surface area contributed by atoms with E-state index in [4.69, 9.17) is 8.83 Å². The van der Waals surface area contributed by atoms with Crippen molar-refractivity contribution >= 4 is 34.4 Å². The number of hydrogen-bond acceptors (Lipinski definition) is 6. The Labute approximate surface area is 170 Å². The number of aryl methyl sites for hydroxylation is 2. The summed E-state index contributed by atoms with van der Waals surface area (Å²) in [5.41, 5.74) is 3.95. The average Bonchev–Trinajstić information content (AvgIpc) is 3.23. The molecule has 9 nitrogen and oxygen atoms in total. The third kappa shape index (κ3) is 3.86. The van der Waals surface area contributed by atoms with Crippen LogP contribution in [0.5, 0.6) is 0 Å². The van der Waals surface area contributed by atoms with Gasteiger partial charge in [-0.1, -0.05) is 18.2 Å². The van der Waals surface area contributed by atoms with Crippen molar-refractivity contribution in [3.8, 4) is 0 Å². The number of amides is 2. The molecule has 2 aromatic carbocycles. The lowest BCUT2D eigenvalue weighted by atomic mass is 10.1. The lowest BCUT2D eigenvalue weighted by Crippen LogP contribution is -2.19. The van der Waals surface area contributed by atoms with E-state index in [0.29, 0.717) is 33.8 Å². The maximum absolute atomic E-state index is 12.8. The van der Waals surface area contributed by atoms with Gasteiger partial charge in [-0.15, -0.1) is 0 Å². The number of rotatable bonds is 5. The minimum absolute atomic E-state index is 0.0285. The second-order valence-electron chi connectivity index (χ2n) is 6.77. The van der Waals surface area contributed by atoms with Crippen molar-refractivity contribution in [2.45, 2.75) is 20.3 Å². The molecule has 0 aliphatic carbocycles. The molecule has 0 aliphatic heterocycles. The van der Waals surface area contributed by atoms with E-state index in [2.05, 4.69) is 20.8 Å². The zero-order valence-electron chi connectivity index (χ0n) is 16.2. The highest BCUT2D eigenvalue weighted by atomic mass is 16.6. The quantitative estimate of drug-likeness (QED) is 0.467. The number of aromatic nitrogens is 2. The second kappa shape index (κ2) is 7.70. The Bertz CT molecular complexity index is 1290. The molecular weight excluding hydrogens is 388 g/mol. The molecule has 0 unspecified atom stereocenters. The van der Waals surface area contributed by atoms with Crippen LogP contribution in [0.25, 0.3) is 11.2 Å². The van der Waals surface area contributed by atoms with Crippen molar-refractivity contribution in [1.82, 2.24) is 10.2 Å². The van der Waals surface area contributed by atoms with Crippen LogP contribution in [0, 0.1) is 13.8 Å². The van der Waals surface area contributed by atoms with Gasteiger partial charge in [0.05, 0.1) is 34.7 Å². The molecule has 2 amide bonds. The van der Waals surface area contributed by atoms with Crippen LogP contribution in [0.15, 0.2) is 56.1 Å². The van der Waals surface area contributed by atoms with E-state index in [-0.39, 0.29) is 23.8 Å². The topological polar surface area (TPSA) is 130 Å². The fraction of sp³-hybridized carbons (Fsp3) is 0.143. The molecule has 30 heavy (non-hydrogen) atoms. The molecule has 2 heterocycles. The number of nitrogens with zero attached hydrogens (tertiary/aromatic N) is 1. The maximum Gasteiger partial charge on any atom is 0.519 e. The zero-order valence-corrected chi connectivity index (χ0v) is 16.2. The van der Waals surface area contributed by atoms with E-state index in [9.17, 15) is 14.4 Å². The molecule has 9 heteroatoms. The lowest BCUT2D eigenvalue weighted by molar-refractivity contribution is -0.115. The summed E-state index contributed by atoms with van der Waals surface area (Å²) in [5.74, 6) is -1.48. The normalized spacial score (nSPS) is 10.9. The zero-order chi connectivity index (χ0) is 21.3. The van der Waals surface area contributed by atoms with Crippen LogP contribution < -0.4 is 16.5 Å². The molecule has 0 saturated heterocycles. The number of aromatic amines is 1. The van der Waals surface area contributed by atoms with Gasteiger partial charge in [0.1, 0.15) is 0 Å². The monoisotopic (exact) mass is 406 g/mol. The van der Waals surface area contributed by atoms with Crippen LogP contribution >= 0.6 is 0 Å². The third-order valence-corrected chi connectivity index (χ3v) is 4.57. The van der Waals surface area contributed by atoms with Gasteiger partial charge in [-0.25, -0.2) is 4.79 Å². The molecule has 4 aromatic rings. The molecule has 0 saturated carbocycles. The predicted octanol–water partition coefficient (Wildman–Crippen LogP) is 3.16. The first-order chi connectivity index (χ1) is 14.4. The molecule has 0 radical (unpaired) electrons. The Hall–Kier alpha value is -4.14. The highest BCUT2D eigenvalue weighted by Crippen LogP contribution is 2.21. The van der Waals surface area contributed by atoms with Gasteiger partial charge >= 0.3 is 5.82 Å². The largest absolute Gasteiger partial charge is 0.519 e. The SMILES string of the molecule is Cc1n[nH]c(C)c1NC(=O)c1ccccc1NC(=O)Cc1ccc2oc(=O)oc2c1. The molecule has 2 aromatic heterocycles. The van der Waals surface area contributed by atoms with E-state index in [0.717, 1.165) is 5.69 Å². The van der Waals surface area contributed by atoms with Crippen LogP contribution in [0.3, 0.4) is 0 Å². The van der Waals surface area contributed by atoms with Gasteiger partial charge in [0.25, 0.3) is 5.91 Å². The van der Waals surface area contributed by atoms with Crippen LogP contribution in [-0.2, 0) is 11.2 Å². The van der Waals surface area contributed by atoms with Crippen LogP contribution in [0.1, 0.15) is 27.3 Å². The summed E-state index contributed by atoms with van der Waals surface area (Å²) in [4.78, 5) is 36.5. The van der Waals surface area contributed by atoms with Gasteiger partial charge in [0.2, 0.25) is 5.91 Å². The van der Waals surface area contributed by atoms with Crippen molar-refractivity contribution in [3.63, 3.8) is 0 Å². The van der Waals surface area contributed by atoms with Crippen molar-refractivity contribution in [1.29, 1.82) is 0 Å². The molecule has 0 bridgehead atoms. The van der Waals surface area contributed by atoms with Gasteiger partial charge in [0, 0.05) is 0 Å². The van der Waals surface area contributed by atoms with Crippen LogP contribution in [0.4, 0.5) is 11.4 Å². The van der Waals surface area contributed by atoms with E-state index in [1.807, 2.05) is 6.92 Å². The van der Waals surface area contributed by atoms with Crippen molar-refractivity contribution < 1.29 is 18.4 Å². The molecule has 152 valence electrons. The standard InChI is InChI=1S/C21H18N4O5/c1-11-19(12(2)25-24-11)23-20(27)14-5-3-4-6-15(14)22-18(26)10-13-7-8-16-17(9-13)30-21(28)29-16/h3-9H,10H2,1-2H3,(H,22,26)(H,23,27)(H,24,25). The smallest absolute Gasteiger partial charge is 0.391 e. The van der Waals surface area contributed by atoms with Gasteiger partial charge in [0.15, 0.2) is 11.2 Å². The van der Waals surface area contributed by atoms with Crippen molar-refractivity contribution in [3.05, 3.63) is 75.6 Å². The molecule has 0 fully saturated rings. The van der Waals surface area contributed by atoms with E-state index < -0.39 is 5.82 Å². The Morgan fingerprint density at radius 2 is 1.80 bits per heavy atom. The number of nitrogens with one attached hydrogen (secondary N) is 3. The maximum atomic E-state index is 12.8. The molecule has 3 N–H and O–H groups in total. The molecular formula is C21H18N4O5. The summed E-state index contributed by atoms with van der Waals surface area (Å²) in [6, 6.07) is 11.5. The summed E-state index contributed by atoms with van der Waals surface area (Å²) in [6.45, 7) is 3.59. The molecule has 0 aliphatic rings. The fourth-order valence-electron chi connectivity index (χ4n) is 3.11. The minimum atomic E-state index is -0.797. The average molecular weight is 406 g/mol. The first-order valence-corrected chi connectivity index (χ1v) is 9.15. The van der Waals surface area contributed by atoms with Crippen molar-refractivity contribution in [2.24, 2.45) is 0 Å². The van der Waals surface area contributed by atoms with Crippen LogP contribution in [0.2, 0.25) is 0 Å². The summed E-state index contributed by atoms with van der Waals surface area (Å²) in [5, 5.41) is 12.5. The summed E-state index contributed by atoms with van der Waals surface area (Å²) < 4.78 is 9.77. The third-order valence-electron chi connectivity index (χ3n) is 4.57. The van der Waals surface area contributed by atoms with Crippen molar-refractivity contribution in [2.75, 3.05) is 10.6 Å². The number of fused-ring (bicyclic) bond motifs is 1. The molecule has 0 atom stereocenters. The first-order valence-electron chi connectivity index (χ1n) is 9.15. The molecule has 0 spiro atoms. The number of benzene rings is 2. The number of anilines is 2. The van der Waals surface area contributed by atoms with Gasteiger partial charge in [-0.3, -0.25) is 14.7 Å². The Morgan fingerprint density at radius 1 is 1.03 bits per heavy atom. The van der Waals surface area contributed by atoms with E-state index >= 15 is 0 Å². The van der Waals surface area contributed by atoms with E-state index in [1.54, 1.807) is 49.4 Å². The van der Waals surface area contributed by atoms with Gasteiger partial charge in [-0.2, -0.15) is 5.10 Å². The molecule has 4 rings (SSSR count). The summed E-state index contributed by atoms with van der Waals surface area (Å²) in [6.07, 6.45) is 0.0285. The van der Waals surface area contributed by atoms with Gasteiger partial charge in [-0.05, 0) is 43.7 Å². The number of carbonyl (C=O) groups excluding carboxylic acids is 2. The Kier molecular flexibility index (Phi) is 4.93. The number of hydrogen-bond donors (Lipinski definition) is 3. The number of carbonyl (C=O) groups is 2. The summed E-state index contributed by atoms with van der Waals surface area (Å²) >= 11 is 0. The Morgan fingerprint density at radius 3 is 2.57 bits per heavy atom. The minimum Gasteiger partial charge on any atom is -0.391 e. The first kappa shape index (κ1) is 19.2. The lowest BCUT2D eigenvalue weighted by Gasteiger charge is -2.12. The predicted molar refractivity (Wildman–Crippen MR) is 110 cm³/mol. The number of H-pyrrole nitrogens is 1. The second-order valence-corrected chi connectivity index (χ2v) is 6.77. The fourth-order valence-corrected chi connectivity index (χ4v) is 3.11. The van der Waals surface area contributed by atoms with Gasteiger partial charge < -0.3 is 19.5 Å². The van der Waals surface area contributed by atoms with E-state index in [1.165, 1.54) is 0 Å². The highest BCUT2D eigenvalue weighted by molar-refractivity contribution is 6.10. The Balaban J connectivity index is 1.50. The number of para-hydroxylation sites is 1. The van der Waals surface area contributed by atoms with Crippen LogP contribution in [-0.4, -0.2) is 22.0 Å². The highest BCUT2D eigenvalue weighted by Gasteiger charge is 2.17. The summed E-state index contributed by atoms with van der Waals surface area (Å²) in [7, 11) is 0.